The minimum atomic E-state index is 0.281. The molecule has 0 saturated carbocycles. The van der Waals surface area contributed by atoms with Gasteiger partial charge in [-0.3, -0.25) is 14.3 Å². The molecular formula is C29H33BrN6. The van der Waals surface area contributed by atoms with Crippen molar-refractivity contribution in [3.8, 4) is 0 Å². The Balaban J connectivity index is 1.34. The molecule has 0 unspecified atom stereocenters. The van der Waals surface area contributed by atoms with E-state index in [9.17, 15) is 0 Å². The molecule has 1 aliphatic carbocycles. The summed E-state index contributed by atoms with van der Waals surface area (Å²) in [5.74, 6) is 1.24. The van der Waals surface area contributed by atoms with Gasteiger partial charge < -0.3 is 9.80 Å². The van der Waals surface area contributed by atoms with Crippen molar-refractivity contribution in [3.63, 3.8) is 0 Å². The van der Waals surface area contributed by atoms with Gasteiger partial charge in [-0.25, -0.2) is 4.98 Å². The highest BCUT2D eigenvalue weighted by Crippen LogP contribution is 2.35. The maximum absolute atomic E-state index is 5.09. The number of piperazine rings is 1. The van der Waals surface area contributed by atoms with Gasteiger partial charge in [0.25, 0.3) is 0 Å². The SMILES string of the molecule is CN1CCN(c2cccc3nc(CN(Cc4ccccc4Br)[C@H]4CCCc5cccnc54)cn23)CC1. The summed E-state index contributed by atoms with van der Waals surface area (Å²) in [4.78, 5) is 17.4. The summed E-state index contributed by atoms with van der Waals surface area (Å²) in [5.41, 5.74) is 6.04. The number of pyridine rings is 2. The van der Waals surface area contributed by atoms with Gasteiger partial charge in [0.15, 0.2) is 0 Å². The Bertz CT molecular complexity index is 1340. The van der Waals surface area contributed by atoms with Gasteiger partial charge in [-0.1, -0.05) is 46.3 Å². The molecule has 1 fully saturated rings. The van der Waals surface area contributed by atoms with E-state index in [2.05, 4.69) is 103 Å². The van der Waals surface area contributed by atoms with Crippen LogP contribution < -0.4 is 4.90 Å². The maximum atomic E-state index is 5.09. The first-order chi connectivity index (χ1) is 17.7. The molecule has 4 heterocycles. The predicted molar refractivity (Wildman–Crippen MR) is 148 cm³/mol. The smallest absolute Gasteiger partial charge is 0.138 e. The molecule has 6 nitrogen and oxygen atoms in total. The summed E-state index contributed by atoms with van der Waals surface area (Å²) >= 11 is 3.78. The molecule has 0 spiro atoms. The third kappa shape index (κ3) is 4.80. The lowest BCUT2D eigenvalue weighted by Gasteiger charge is -2.35. The number of halogens is 1. The van der Waals surface area contributed by atoms with Crippen molar-refractivity contribution in [2.24, 2.45) is 0 Å². The third-order valence-corrected chi connectivity index (χ3v) is 8.42. The highest BCUT2D eigenvalue weighted by Gasteiger charge is 2.28. The molecule has 7 heteroatoms. The van der Waals surface area contributed by atoms with Crippen LogP contribution in [0.4, 0.5) is 5.82 Å². The van der Waals surface area contributed by atoms with Crippen LogP contribution in [0.25, 0.3) is 5.65 Å². The molecule has 0 bridgehead atoms. The molecular weight excluding hydrogens is 512 g/mol. The Labute approximate surface area is 221 Å². The summed E-state index contributed by atoms with van der Waals surface area (Å²) in [5, 5.41) is 0. The number of aryl methyl sites for hydroxylation is 1. The van der Waals surface area contributed by atoms with Crippen LogP contribution in [-0.4, -0.2) is 57.4 Å². The van der Waals surface area contributed by atoms with Crippen molar-refractivity contribution in [2.75, 3.05) is 38.1 Å². The van der Waals surface area contributed by atoms with Crippen LogP contribution in [-0.2, 0) is 19.5 Å². The van der Waals surface area contributed by atoms with E-state index < -0.39 is 0 Å². The van der Waals surface area contributed by atoms with Gasteiger partial charge in [0.05, 0.1) is 17.4 Å². The average Bonchev–Trinajstić information content (AvgIpc) is 3.32. The van der Waals surface area contributed by atoms with Gasteiger partial charge in [0.1, 0.15) is 11.5 Å². The Hall–Kier alpha value is -2.74. The summed E-state index contributed by atoms with van der Waals surface area (Å²) in [6, 6.07) is 19.6. The van der Waals surface area contributed by atoms with Crippen LogP contribution in [0.2, 0.25) is 0 Å². The molecule has 4 aromatic rings. The number of rotatable bonds is 6. The van der Waals surface area contributed by atoms with Crippen molar-refractivity contribution < 1.29 is 0 Å². The van der Waals surface area contributed by atoms with Crippen LogP contribution in [0, 0.1) is 0 Å². The number of hydrogen-bond donors (Lipinski definition) is 0. The van der Waals surface area contributed by atoms with Crippen LogP contribution in [0.1, 0.15) is 41.4 Å². The molecule has 1 aromatic carbocycles. The first-order valence-corrected chi connectivity index (χ1v) is 13.8. The Kier molecular flexibility index (Phi) is 6.78. The standard InChI is InChI=1S/C29H33BrN6/c1-33-15-17-34(18-16-33)28-13-5-12-27-32-24(21-36(27)28)20-35(19-23-7-2-3-10-25(23)30)26-11-4-8-22-9-6-14-31-29(22)26/h2-3,5-7,9-10,12-14,21,26H,4,8,11,15-20H2,1H3/t26-/m0/s1. The lowest BCUT2D eigenvalue weighted by molar-refractivity contribution is 0.155. The molecule has 186 valence electrons. The van der Waals surface area contributed by atoms with Gasteiger partial charge in [0.2, 0.25) is 0 Å². The van der Waals surface area contributed by atoms with E-state index in [-0.39, 0.29) is 6.04 Å². The fourth-order valence-electron chi connectivity index (χ4n) is 5.69. The monoisotopic (exact) mass is 544 g/mol. The first kappa shape index (κ1) is 23.6. The van der Waals surface area contributed by atoms with Crippen molar-refractivity contribution in [3.05, 3.63) is 94.0 Å². The largest absolute Gasteiger partial charge is 0.355 e. The molecule has 1 aliphatic heterocycles. The zero-order chi connectivity index (χ0) is 24.5. The van der Waals surface area contributed by atoms with Gasteiger partial charge >= 0.3 is 0 Å². The number of fused-ring (bicyclic) bond motifs is 2. The summed E-state index contributed by atoms with van der Waals surface area (Å²) in [7, 11) is 2.20. The van der Waals surface area contributed by atoms with E-state index in [1.165, 1.54) is 29.1 Å². The molecule has 0 N–H and O–H groups in total. The average molecular weight is 546 g/mol. The molecule has 36 heavy (non-hydrogen) atoms. The van der Waals surface area contributed by atoms with Crippen molar-refractivity contribution in [2.45, 2.75) is 38.4 Å². The van der Waals surface area contributed by atoms with E-state index in [1.54, 1.807) is 0 Å². The second-order valence-electron chi connectivity index (χ2n) is 10.1. The highest BCUT2D eigenvalue weighted by atomic mass is 79.9. The third-order valence-electron chi connectivity index (χ3n) is 7.65. The van der Waals surface area contributed by atoms with E-state index in [4.69, 9.17) is 9.97 Å². The molecule has 2 aliphatic rings. The number of anilines is 1. The van der Waals surface area contributed by atoms with Crippen molar-refractivity contribution in [1.29, 1.82) is 0 Å². The first-order valence-electron chi connectivity index (χ1n) is 13.0. The zero-order valence-corrected chi connectivity index (χ0v) is 22.4. The highest BCUT2D eigenvalue weighted by molar-refractivity contribution is 9.10. The van der Waals surface area contributed by atoms with Gasteiger partial charge in [-0.2, -0.15) is 0 Å². The normalized spacial score (nSPS) is 18.6. The molecule has 6 rings (SSSR count). The summed E-state index contributed by atoms with van der Waals surface area (Å²) < 4.78 is 3.43. The van der Waals surface area contributed by atoms with Crippen LogP contribution >= 0.6 is 15.9 Å². The van der Waals surface area contributed by atoms with Gasteiger partial charge in [0, 0.05) is 56.1 Å². The van der Waals surface area contributed by atoms with Crippen LogP contribution in [0.5, 0.6) is 0 Å². The molecule has 0 amide bonds. The van der Waals surface area contributed by atoms with Gasteiger partial charge in [-0.15, -0.1) is 0 Å². The Morgan fingerprint density at radius 1 is 0.972 bits per heavy atom. The number of likely N-dealkylation sites (N-methyl/N-ethyl adjacent to an activating group) is 1. The topological polar surface area (TPSA) is 39.9 Å². The molecule has 1 atom stereocenters. The number of aromatic nitrogens is 3. The van der Waals surface area contributed by atoms with Crippen molar-refractivity contribution in [1.82, 2.24) is 24.2 Å². The van der Waals surface area contributed by atoms with E-state index in [0.717, 1.165) is 67.9 Å². The number of benzene rings is 1. The summed E-state index contributed by atoms with van der Waals surface area (Å²) in [6.45, 7) is 5.90. The predicted octanol–water partition coefficient (Wildman–Crippen LogP) is 5.32. The molecule has 3 aromatic heterocycles. The number of nitrogens with zero attached hydrogens (tertiary/aromatic N) is 6. The fraction of sp³-hybridized carbons (Fsp3) is 0.379. The van der Waals surface area contributed by atoms with E-state index in [1.807, 2.05) is 6.20 Å². The number of imidazole rings is 1. The maximum Gasteiger partial charge on any atom is 0.138 e. The second kappa shape index (κ2) is 10.3. The number of hydrogen-bond acceptors (Lipinski definition) is 5. The van der Waals surface area contributed by atoms with Crippen LogP contribution in [0.15, 0.2) is 71.5 Å². The second-order valence-corrected chi connectivity index (χ2v) is 10.9. The molecule has 0 radical (unpaired) electrons. The fourth-order valence-corrected chi connectivity index (χ4v) is 6.10. The Morgan fingerprint density at radius 3 is 2.69 bits per heavy atom. The van der Waals surface area contributed by atoms with Gasteiger partial charge in [-0.05, 0) is 61.7 Å². The van der Waals surface area contributed by atoms with Crippen molar-refractivity contribution >= 4 is 27.4 Å². The van der Waals surface area contributed by atoms with E-state index >= 15 is 0 Å². The minimum absolute atomic E-state index is 0.281. The van der Waals surface area contributed by atoms with Crippen LogP contribution in [0.3, 0.4) is 0 Å². The quantitative estimate of drug-likeness (QED) is 0.328. The summed E-state index contributed by atoms with van der Waals surface area (Å²) in [6.07, 6.45) is 7.62. The minimum Gasteiger partial charge on any atom is -0.355 e. The van der Waals surface area contributed by atoms with E-state index in [0.29, 0.717) is 0 Å². The Morgan fingerprint density at radius 2 is 1.83 bits per heavy atom. The lowest BCUT2D eigenvalue weighted by Crippen LogP contribution is -2.45. The molecule has 1 saturated heterocycles. The lowest BCUT2D eigenvalue weighted by atomic mass is 9.90. The zero-order valence-electron chi connectivity index (χ0n) is 20.9.